The first-order valence-electron chi connectivity index (χ1n) is 12.4. The fourth-order valence-corrected chi connectivity index (χ4v) is 6.52. The molecule has 0 spiro atoms. The predicted molar refractivity (Wildman–Crippen MR) is 141 cm³/mol. The van der Waals surface area contributed by atoms with E-state index in [1.807, 2.05) is 0 Å². The van der Waals surface area contributed by atoms with E-state index >= 15 is 0 Å². The summed E-state index contributed by atoms with van der Waals surface area (Å²) in [6.07, 6.45) is 3.09. The number of rotatable bonds is 8. The first-order chi connectivity index (χ1) is 18.8. The third kappa shape index (κ3) is 4.79. The van der Waals surface area contributed by atoms with Gasteiger partial charge in [-0.05, 0) is 66.9 Å². The molecule has 3 heterocycles. The molecule has 3 aromatic rings. The number of nitrogens with zero attached hydrogens (tertiary/aromatic N) is 2. The number of likely N-dealkylation sites (tertiary alicyclic amines) is 1. The monoisotopic (exact) mass is 552 g/mol. The van der Waals surface area contributed by atoms with E-state index in [2.05, 4.69) is 0 Å². The van der Waals surface area contributed by atoms with Crippen molar-refractivity contribution in [1.29, 1.82) is 0 Å². The predicted octanol–water partition coefficient (Wildman–Crippen LogP) is 3.70. The molecule has 1 aromatic heterocycles. The van der Waals surface area contributed by atoms with Crippen molar-refractivity contribution in [2.75, 3.05) is 27.3 Å². The molecule has 0 aliphatic carbocycles. The Hall–Kier alpha value is -4.09. The molecule has 0 bridgehead atoms. The van der Waals surface area contributed by atoms with E-state index < -0.39 is 33.5 Å². The maximum absolute atomic E-state index is 13.3. The number of ether oxygens (including phenoxy) is 2. The Balaban J connectivity index is 1.59. The molecular weight excluding hydrogens is 524 g/mol. The van der Waals surface area contributed by atoms with Crippen LogP contribution >= 0.6 is 0 Å². The van der Waals surface area contributed by atoms with Crippen molar-refractivity contribution < 1.29 is 37.0 Å². The lowest BCUT2D eigenvalue weighted by molar-refractivity contribution is -0.140. The van der Waals surface area contributed by atoms with Crippen LogP contribution in [-0.2, 0) is 26.2 Å². The summed E-state index contributed by atoms with van der Waals surface area (Å²) in [5, 5.41) is 11.4. The van der Waals surface area contributed by atoms with Crippen molar-refractivity contribution in [2.45, 2.75) is 30.3 Å². The second-order valence-corrected chi connectivity index (χ2v) is 11.2. The zero-order chi connectivity index (χ0) is 27.7. The van der Waals surface area contributed by atoms with E-state index in [9.17, 15) is 23.1 Å². The van der Waals surface area contributed by atoms with Crippen LogP contribution in [0.4, 0.5) is 0 Å². The second-order valence-electron chi connectivity index (χ2n) is 9.26. The standard InChI is InChI=1S/C28H28N2O8S/c1-36-22-12-9-19(16-23(22)37-2)25-24(27(32)28(33)30(25)17-20-6-5-15-38-20)26(31)18-7-10-21(11-8-18)39(34,35)29-13-3-4-14-29/h5-12,15-16,25,31H,3-4,13-14,17H2,1-2H3/t25-/m1/s1. The maximum Gasteiger partial charge on any atom is 0.296 e. The number of benzene rings is 2. The lowest BCUT2D eigenvalue weighted by Crippen LogP contribution is -2.29. The largest absolute Gasteiger partial charge is 0.507 e. The van der Waals surface area contributed by atoms with Crippen LogP contribution in [-0.4, -0.2) is 61.7 Å². The van der Waals surface area contributed by atoms with Crippen LogP contribution in [0.3, 0.4) is 0 Å². The number of Topliss-reactive ketones (excluding diaryl/α,β-unsaturated/α-hetero) is 1. The third-order valence-electron chi connectivity index (χ3n) is 7.00. The highest BCUT2D eigenvalue weighted by atomic mass is 32.2. The Labute approximate surface area is 226 Å². The molecule has 1 N–H and O–H groups in total. The van der Waals surface area contributed by atoms with Crippen LogP contribution in [0.2, 0.25) is 0 Å². The number of sulfonamides is 1. The van der Waals surface area contributed by atoms with Gasteiger partial charge in [-0.3, -0.25) is 9.59 Å². The number of hydrogen-bond acceptors (Lipinski definition) is 8. The van der Waals surface area contributed by atoms with E-state index in [0.29, 0.717) is 35.9 Å². The number of amides is 1. The SMILES string of the molecule is COc1ccc([C@@H]2C(=C(O)c3ccc(S(=O)(=O)N4CCCC4)cc3)C(=O)C(=O)N2Cc2ccco2)cc1OC. The normalized spacial score (nSPS) is 19.5. The Bertz CT molecular complexity index is 1520. The van der Waals surface area contributed by atoms with Gasteiger partial charge in [-0.2, -0.15) is 4.31 Å². The first kappa shape index (κ1) is 26.5. The number of hydrogen-bond donors (Lipinski definition) is 1. The average Bonchev–Trinajstić information content (AvgIpc) is 3.72. The van der Waals surface area contributed by atoms with Gasteiger partial charge in [-0.1, -0.05) is 6.07 Å². The summed E-state index contributed by atoms with van der Waals surface area (Å²) >= 11 is 0. The van der Waals surface area contributed by atoms with E-state index in [1.165, 1.54) is 54.0 Å². The number of carbonyl (C=O) groups is 2. The van der Waals surface area contributed by atoms with Gasteiger partial charge in [-0.15, -0.1) is 0 Å². The molecule has 1 amide bonds. The molecule has 2 aliphatic rings. The highest BCUT2D eigenvalue weighted by molar-refractivity contribution is 7.89. The summed E-state index contributed by atoms with van der Waals surface area (Å²) in [6.45, 7) is 0.920. The van der Waals surface area contributed by atoms with Crippen LogP contribution in [0.1, 0.15) is 35.8 Å². The van der Waals surface area contributed by atoms with Crippen LogP contribution in [0.25, 0.3) is 5.76 Å². The third-order valence-corrected chi connectivity index (χ3v) is 8.91. The highest BCUT2D eigenvalue weighted by Crippen LogP contribution is 2.42. The average molecular weight is 553 g/mol. The summed E-state index contributed by atoms with van der Waals surface area (Å²) in [5.41, 5.74) is 0.582. The van der Waals surface area contributed by atoms with Crippen LogP contribution in [0.15, 0.2) is 75.7 Å². The minimum atomic E-state index is -3.66. The molecule has 11 heteroatoms. The smallest absolute Gasteiger partial charge is 0.296 e. The molecule has 204 valence electrons. The molecule has 10 nitrogen and oxygen atoms in total. The molecule has 2 saturated heterocycles. The van der Waals surface area contributed by atoms with Crippen molar-refractivity contribution in [3.8, 4) is 11.5 Å². The minimum Gasteiger partial charge on any atom is -0.507 e. The lowest BCUT2D eigenvalue weighted by Gasteiger charge is -2.25. The number of furan rings is 1. The summed E-state index contributed by atoms with van der Waals surface area (Å²) in [6, 6.07) is 13.0. The number of carbonyl (C=O) groups excluding carboxylic acids is 2. The van der Waals surface area contributed by atoms with Gasteiger partial charge in [0.1, 0.15) is 11.5 Å². The highest BCUT2D eigenvalue weighted by Gasteiger charge is 2.46. The molecule has 5 rings (SSSR count). The van der Waals surface area contributed by atoms with Gasteiger partial charge in [-0.25, -0.2) is 8.42 Å². The zero-order valence-corrected chi connectivity index (χ0v) is 22.3. The van der Waals surface area contributed by atoms with E-state index in [0.717, 1.165) is 12.8 Å². The van der Waals surface area contributed by atoms with Gasteiger partial charge in [0, 0.05) is 18.7 Å². The molecule has 1 atom stereocenters. The van der Waals surface area contributed by atoms with E-state index in [-0.39, 0.29) is 22.6 Å². The van der Waals surface area contributed by atoms with Crippen LogP contribution in [0.5, 0.6) is 11.5 Å². The Morgan fingerprint density at radius 1 is 1.00 bits per heavy atom. The molecular formula is C28H28N2O8S. The zero-order valence-electron chi connectivity index (χ0n) is 21.5. The fourth-order valence-electron chi connectivity index (χ4n) is 5.00. The van der Waals surface area contributed by atoms with E-state index in [4.69, 9.17) is 13.9 Å². The molecule has 0 radical (unpaired) electrons. The number of aliphatic hydroxyl groups excluding tert-OH is 1. The second kappa shape index (κ2) is 10.6. The van der Waals surface area contributed by atoms with Gasteiger partial charge in [0.05, 0.1) is 43.5 Å². The molecule has 2 aromatic carbocycles. The summed E-state index contributed by atoms with van der Waals surface area (Å²) in [5.74, 6) is -0.790. The summed E-state index contributed by atoms with van der Waals surface area (Å²) in [4.78, 5) is 28.0. The van der Waals surface area contributed by atoms with Crippen molar-refractivity contribution in [2.24, 2.45) is 0 Å². The summed E-state index contributed by atoms with van der Waals surface area (Å²) < 4.78 is 43.5. The minimum absolute atomic E-state index is 0.0135. The van der Waals surface area contributed by atoms with Gasteiger partial charge in [0.25, 0.3) is 11.7 Å². The Morgan fingerprint density at radius 2 is 1.69 bits per heavy atom. The molecule has 2 aliphatic heterocycles. The van der Waals surface area contributed by atoms with Crippen molar-refractivity contribution in [3.63, 3.8) is 0 Å². The first-order valence-corrected chi connectivity index (χ1v) is 13.8. The molecule has 39 heavy (non-hydrogen) atoms. The van der Waals surface area contributed by atoms with Crippen molar-refractivity contribution in [3.05, 3.63) is 83.3 Å². The quantitative estimate of drug-likeness (QED) is 0.255. The van der Waals surface area contributed by atoms with Crippen molar-refractivity contribution >= 4 is 27.5 Å². The van der Waals surface area contributed by atoms with Gasteiger partial charge < -0.3 is 23.9 Å². The van der Waals surface area contributed by atoms with Gasteiger partial charge in [0.15, 0.2) is 11.5 Å². The fraction of sp³-hybridized carbons (Fsp3) is 0.286. The van der Waals surface area contributed by atoms with Crippen molar-refractivity contribution in [1.82, 2.24) is 9.21 Å². The van der Waals surface area contributed by atoms with Gasteiger partial charge >= 0.3 is 0 Å². The Morgan fingerprint density at radius 3 is 2.31 bits per heavy atom. The molecule has 2 fully saturated rings. The van der Waals surface area contributed by atoms with E-state index in [1.54, 1.807) is 30.3 Å². The van der Waals surface area contributed by atoms with Crippen LogP contribution < -0.4 is 9.47 Å². The van der Waals surface area contributed by atoms with Crippen LogP contribution in [0, 0.1) is 0 Å². The Kier molecular flexibility index (Phi) is 7.19. The van der Waals surface area contributed by atoms with Gasteiger partial charge in [0.2, 0.25) is 10.0 Å². The lowest BCUT2D eigenvalue weighted by atomic mass is 9.95. The molecule has 0 unspecified atom stereocenters. The summed E-state index contributed by atoms with van der Waals surface area (Å²) in [7, 11) is -0.690. The number of aliphatic hydroxyl groups is 1. The topological polar surface area (TPSA) is 127 Å². The molecule has 0 saturated carbocycles. The maximum atomic E-state index is 13.3. The number of ketones is 1. The number of methoxy groups -OCH3 is 2.